The van der Waals surface area contributed by atoms with Crippen LogP contribution in [-0.4, -0.2) is 4.98 Å². The highest BCUT2D eigenvalue weighted by Gasteiger charge is 2.10. The number of oxazole rings is 1. The molecule has 5 heteroatoms. The molecule has 0 fully saturated rings. The van der Waals surface area contributed by atoms with Crippen molar-refractivity contribution < 1.29 is 13.6 Å². The van der Waals surface area contributed by atoms with Crippen LogP contribution in [0.4, 0.5) is 0 Å². The van der Waals surface area contributed by atoms with Gasteiger partial charge in [0.05, 0.1) is 0 Å². The number of hydrogen-bond acceptors (Lipinski definition) is 5. The predicted octanol–water partition coefficient (Wildman–Crippen LogP) is 4.95. The summed E-state index contributed by atoms with van der Waals surface area (Å²) in [7, 11) is 0. The number of hydrogen-bond donors (Lipinski definition) is 0. The molecule has 0 spiro atoms. The third kappa shape index (κ3) is 3.49. The van der Waals surface area contributed by atoms with E-state index in [1.54, 1.807) is 12.3 Å². The topological polar surface area (TPSA) is 65.5 Å². The second-order valence-corrected chi connectivity index (χ2v) is 6.66. The van der Waals surface area contributed by atoms with Gasteiger partial charge < -0.3 is 13.6 Å². The lowest BCUT2D eigenvalue weighted by Gasteiger charge is -2.06. The summed E-state index contributed by atoms with van der Waals surface area (Å²) >= 11 is 0. The molecule has 2 heterocycles. The van der Waals surface area contributed by atoms with Crippen LogP contribution >= 0.6 is 0 Å². The lowest BCUT2D eigenvalue weighted by molar-refractivity contribution is 0.301. The lowest BCUT2D eigenvalue weighted by atomic mass is 10.1. The van der Waals surface area contributed by atoms with Gasteiger partial charge in [0.2, 0.25) is 5.89 Å². The van der Waals surface area contributed by atoms with Gasteiger partial charge in [-0.15, -0.1) is 0 Å². The molecule has 2 aromatic carbocycles. The van der Waals surface area contributed by atoms with Crippen molar-refractivity contribution >= 4 is 11.0 Å². The number of fused-ring (bicyclic) bond motifs is 1. The third-order valence-electron chi connectivity index (χ3n) is 4.47. The van der Waals surface area contributed by atoms with Gasteiger partial charge in [0, 0.05) is 23.1 Å². The van der Waals surface area contributed by atoms with Crippen LogP contribution in [0.3, 0.4) is 0 Å². The fraction of sp³-hybridized carbons (Fsp3) is 0.182. The van der Waals surface area contributed by atoms with Gasteiger partial charge in [-0.1, -0.05) is 17.7 Å². The average Bonchev–Trinajstić information content (AvgIpc) is 3.08. The fourth-order valence-electron chi connectivity index (χ4n) is 3.10. The third-order valence-corrected chi connectivity index (χ3v) is 4.47. The Labute approximate surface area is 156 Å². The van der Waals surface area contributed by atoms with Gasteiger partial charge in [-0.05, 0) is 50.1 Å². The minimum absolute atomic E-state index is 0.260. The van der Waals surface area contributed by atoms with E-state index in [9.17, 15) is 4.79 Å². The molecule has 0 aliphatic rings. The first kappa shape index (κ1) is 17.1. The standard InChI is InChI=1S/C22H19NO4/c1-13-4-6-19(14(2)8-13)22-23-16(12-26-22)11-25-17-5-7-18-15(3)9-21(24)27-20(18)10-17/h4-10,12H,11H2,1-3H3. The van der Waals surface area contributed by atoms with E-state index in [4.69, 9.17) is 13.6 Å². The minimum atomic E-state index is -0.369. The van der Waals surface area contributed by atoms with E-state index in [1.165, 1.54) is 11.6 Å². The summed E-state index contributed by atoms with van der Waals surface area (Å²) in [5.41, 5.74) is 4.99. The quantitative estimate of drug-likeness (QED) is 0.481. The van der Waals surface area contributed by atoms with E-state index < -0.39 is 0 Å². The molecular weight excluding hydrogens is 342 g/mol. The Bertz CT molecular complexity index is 1190. The van der Waals surface area contributed by atoms with Crippen molar-refractivity contribution in [3.63, 3.8) is 0 Å². The Hall–Kier alpha value is -3.34. The first-order chi connectivity index (χ1) is 13.0. The Balaban J connectivity index is 1.53. The molecule has 2 aromatic heterocycles. The molecule has 4 aromatic rings. The Kier molecular flexibility index (Phi) is 4.28. The second-order valence-electron chi connectivity index (χ2n) is 6.66. The van der Waals surface area contributed by atoms with Crippen LogP contribution in [-0.2, 0) is 6.61 Å². The lowest BCUT2D eigenvalue weighted by Crippen LogP contribution is -1.99. The zero-order chi connectivity index (χ0) is 19.0. The van der Waals surface area contributed by atoms with E-state index in [0.717, 1.165) is 22.1 Å². The molecule has 0 N–H and O–H groups in total. The second kappa shape index (κ2) is 6.76. The molecule has 136 valence electrons. The maximum Gasteiger partial charge on any atom is 0.336 e. The van der Waals surface area contributed by atoms with Crippen molar-refractivity contribution in [1.29, 1.82) is 0 Å². The number of rotatable bonds is 4. The van der Waals surface area contributed by atoms with Crippen molar-refractivity contribution in [2.45, 2.75) is 27.4 Å². The van der Waals surface area contributed by atoms with Crippen molar-refractivity contribution in [2.75, 3.05) is 0 Å². The number of nitrogens with zero attached hydrogens (tertiary/aromatic N) is 1. The highest BCUT2D eigenvalue weighted by Crippen LogP contribution is 2.25. The van der Waals surface area contributed by atoms with Crippen LogP contribution in [0.1, 0.15) is 22.4 Å². The number of ether oxygens (including phenoxy) is 1. The average molecular weight is 361 g/mol. The van der Waals surface area contributed by atoms with E-state index in [-0.39, 0.29) is 12.2 Å². The van der Waals surface area contributed by atoms with Crippen LogP contribution in [0, 0.1) is 20.8 Å². The molecule has 0 radical (unpaired) electrons. The molecule has 27 heavy (non-hydrogen) atoms. The highest BCUT2D eigenvalue weighted by molar-refractivity contribution is 5.81. The largest absolute Gasteiger partial charge is 0.487 e. The summed E-state index contributed by atoms with van der Waals surface area (Å²) in [5.74, 6) is 1.18. The first-order valence-corrected chi connectivity index (χ1v) is 8.69. The van der Waals surface area contributed by atoms with Crippen molar-refractivity contribution in [3.05, 3.63) is 81.5 Å². The van der Waals surface area contributed by atoms with E-state index in [1.807, 2.05) is 38.1 Å². The van der Waals surface area contributed by atoms with Gasteiger partial charge in [-0.25, -0.2) is 9.78 Å². The first-order valence-electron chi connectivity index (χ1n) is 8.69. The maximum atomic E-state index is 11.6. The van der Waals surface area contributed by atoms with Gasteiger partial charge >= 0.3 is 5.63 Å². The molecule has 4 rings (SSSR count). The summed E-state index contributed by atoms with van der Waals surface area (Å²) in [6, 6.07) is 13.1. The van der Waals surface area contributed by atoms with Gasteiger partial charge in [0.25, 0.3) is 0 Å². The Morgan fingerprint density at radius 3 is 2.67 bits per heavy atom. The molecule has 0 aliphatic carbocycles. The smallest absolute Gasteiger partial charge is 0.336 e. The van der Waals surface area contributed by atoms with Crippen LogP contribution in [0.5, 0.6) is 5.75 Å². The van der Waals surface area contributed by atoms with E-state index >= 15 is 0 Å². The molecule has 0 saturated carbocycles. The minimum Gasteiger partial charge on any atom is -0.487 e. The van der Waals surface area contributed by atoms with Crippen LogP contribution in [0.15, 0.2) is 62.4 Å². The molecule has 0 amide bonds. The zero-order valence-corrected chi connectivity index (χ0v) is 15.4. The molecule has 0 saturated heterocycles. The monoisotopic (exact) mass is 361 g/mol. The van der Waals surface area contributed by atoms with Crippen molar-refractivity contribution in [1.82, 2.24) is 4.98 Å². The van der Waals surface area contributed by atoms with Gasteiger partial charge in [-0.2, -0.15) is 0 Å². The number of aromatic nitrogens is 1. The summed E-state index contributed by atoms with van der Waals surface area (Å²) in [4.78, 5) is 16.1. The molecule has 0 unspecified atom stereocenters. The predicted molar refractivity (Wildman–Crippen MR) is 103 cm³/mol. The molecule has 0 aliphatic heterocycles. The Morgan fingerprint density at radius 2 is 1.85 bits per heavy atom. The summed E-state index contributed by atoms with van der Waals surface area (Å²) in [5, 5.41) is 0.889. The SMILES string of the molecule is Cc1ccc(-c2nc(COc3ccc4c(C)cc(=O)oc4c3)co2)c(C)c1. The highest BCUT2D eigenvalue weighted by atomic mass is 16.5. The van der Waals surface area contributed by atoms with Gasteiger partial charge in [0.1, 0.15) is 29.9 Å². The molecular formula is C22H19NO4. The van der Waals surface area contributed by atoms with E-state index in [2.05, 4.69) is 18.0 Å². The zero-order valence-electron chi connectivity index (χ0n) is 15.4. The number of benzene rings is 2. The normalized spacial score (nSPS) is 11.1. The number of aryl methyl sites for hydroxylation is 3. The molecule has 5 nitrogen and oxygen atoms in total. The fourth-order valence-corrected chi connectivity index (χ4v) is 3.10. The molecule has 0 bridgehead atoms. The van der Waals surface area contributed by atoms with Crippen LogP contribution < -0.4 is 10.4 Å². The molecule has 0 atom stereocenters. The summed E-state index contributed by atoms with van der Waals surface area (Å²) < 4.78 is 16.7. The van der Waals surface area contributed by atoms with Crippen molar-refractivity contribution in [2.24, 2.45) is 0 Å². The van der Waals surface area contributed by atoms with Gasteiger partial charge in [0.15, 0.2) is 0 Å². The summed E-state index contributed by atoms with van der Waals surface area (Å²) in [6.45, 7) is 6.23. The summed E-state index contributed by atoms with van der Waals surface area (Å²) in [6.07, 6.45) is 1.60. The van der Waals surface area contributed by atoms with Crippen LogP contribution in [0.25, 0.3) is 22.4 Å². The van der Waals surface area contributed by atoms with Gasteiger partial charge in [-0.3, -0.25) is 0 Å². The maximum absolute atomic E-state index is 11.6. The van der Waals surface area contributed by atoms with E-state index in [0.29, 0.717) is 22.9 Å². The van der Waals surface area contributed by atoms with Crippen molar-refractivity contribution in [3.8, 4) is 17.2 Å². The Morgan fingerprint density at radius 1 is 1.00 bits per heavy atom. The van der Waals surface area contributed by atoms with Crippen LogP contribution in [0.2, 0.25) is 0 Å².